The summed E-state index contributed by atoms with van der Waals surface area (Å²) in [5.41, 5.74) is 1.27. The Morgan fingerprint density at radius 3 is 2.38 bits per heavy atom. The Hall–Kier alpha value is -0.860. The molecule has 2 heteroatoms. The van der Waals surface area contributed by atoms with E-state index in [-0.39, 0.29) is 12.0 Å². The number of hydrogen-bond donors (Lipinski definition) is 1. The van der Waals surface area contributed by atoms with Crippen LogP contribution in [0, 0.1) is 0 Å². The number of aliphatic hydroxyl groups is 1. The summed E-state index contributed by atoms with van der Waals surface area (Å²) < 4.78 is 0. The Labute approximate surface area is 78.8 Å². The van der Waals surface area contributed by atoms with Gasteiger partial charge in [-0.15, -0.1) is 0 Å². The highest BCUT2D eigenvalue weighted by Crippen LogP contribution is 2.32. The van der Waals surface area contributed by atoms with Gasteiger partial charge in [0.25, 0.3) is 0 Å². The summed E-state index contributed by atoms with van der Waals surface area (Å²) in [5, 5.41) is 9.38. The fourth-order valence-corrected chi connectivity index (χ4v) is 2.15. The zero-order valence-corrected chi connectivity index (χ0v) is 7.90. The molecule has 0 unspecified atom stereocenters. The van der Waals surface area contributed by atoms with Crippen molar-refractivity contribution in [1.82, 2.24) is 4.90 Å². The van der Waals surface area contributed by atoms with Crippen LogP contribution in [-0.2, 0) is 5.41 Å². The van der Waals surface area contributed by atoms with Gasteiger partial charge < -0.3 is 10.0 Å². The van der Waals surface area contributed by atoms with E-state index in [2.05, 4.69) is 24.1 Å². The van der Waals surface area contributed by atoms with Crippen molar-refractivity contribution in [3.05, 3.63) is 35.9 Å². The summed E-state index contributed by atoms with van der Waals surface area (Å²) >= 11 is 0. The van der Waals surface area contributed by atoms with Gasteiger partial charge in [0.2, 0.25) is 0 Å². The fourth-order valence-electron chi connectivity index (χ4n) is 2.15. The van der Waals surface area contributed by atoms with Gasteiger partial charge in [0.1, 0.15) is 0 Å². The van der Waals surface area contributed by atoms with Gasteiger partial charge in [-0.1, -0.05) is 30.3 Å². The predicted octanol–water partition coefficient (Wildman–Crippen LogP) is 0.862. The van der Waals surface area contributed by atoms with Gasteiger partial charge in [-0.25, -0.2) is 0 Å². The van der Waals surface area contributed by atoms with E-state index < -0.39 is 0 Å². The molecule has 1 aliphatic rings. The van der Waals surface area contributed by atoms with Crippen molar-refractivity contribution in [1.29, 1.82) is 0 Å². The minimum atomic E-state index is 0.00993. The third kappa shape index (κ3) is 1.36. The topological polar surface area (TPSA) is 23.5 Å². The Kier molecular flexibility index (Phi) is 2.10. The molecule has 0 bridgehead atoms. The lowest BCUT2D eigenvalue weighted by atomic mass is 9.75. The van der Waals surface area contributed by atoms with Gasteiger partial charge in [0.15, 0.2) is 0 Å². The number of hydrogen-bond acceptors (Lipinski definition) is 2. The first-order chi connectivity index (χ1) is 6.27. The number of nitrogens with zero attached hydrogens (tertiary/aromatic N) is 1. The fraction of sp³-hybridized carbons (Fsp3) is 0.455. The maximum Gasteiger partial charge on any atom is 0.0552 e. The van der Waals surface area contributed by atoms with E-state index in [1.54, 1.807) is 0 Å². The van der Waals surface area contributed by atoms with Crippen molar-refractivity contribution < 1.29 is 5.11 Å². The van der Waals surface area contributed by atoms with Crippen LogP contribution in [0.1, 0.15) is 5.56 Å². The van der Waals surface area contributed by atoms with Gasteiger partial charge in [-0.05, 0) is 12.6 Å². The molecule has 0 spiro atoms. The normalized spacial score (nSPS) is 21.1. The number of aliphatic hydroxyl groups excluding tert-OH is 1. The molecule has 1 aromatic carbocycles. The molecule has 2 rings (SSSR count). The van der Waals surface area contributed by atoms with Crippen LogP contribution in [0.4, 0.5) is 0 Å². The van der Waals surface area contributed by atoms with E-state index in [1.165, 1.54) is 5.56 Å². The van der Waals surface area contributed by atoms with Gasteiger partial charge in [-0.3, -0.25) is 0 Å². The third-order valence-corrected chi connectivity index (χ3v) is 2.83. The van der Waals surface area contributed by atoms with Crippen molar-refractivity contribution in [3.63, 3.8) is 0 Å². The van der Waals surface area contributed by atoms with Crippen LogP contribution in [0.25, 0.3) is 0 Å². The summed E-state index contributed by atoms with van der Waals surface area (Å²) in [5.74, 6) is 0. The van der Waals surface area contributed by atoms with Crippen molar-refractivity contribution in [2.24, 2.45) is 0 Å². The second kappa shape index (κ2) is 3.13. The van der Waals surface area contributed by atoms with Crippen LogP contribution in [0.5, 0.6) is 0 Å². The van der Waals surface area contributed by atoms with E-state index in [4.69, 9.17) is 0 Å². The molecule has 1 saturated heterocycles. The highest BCUT2D eigenvalue weighted by Gasteiger charge is 2.41. The average molecular weight is 177 g/mol. The molecule has 70 valence electrons. The molecule has 0 atom stereocenters. The van der Waals surface area contributed by atoms with E-state index in [1.807, 2.05) is 18.2 Å². The molecular formula is C11H15NO. The van der Waals surface area contributed by atoms with Crippen LogP contribution in [0.3, 0.4) is 0 Å². The van der Waals surface area contributed by atoms with Gasteiger partial charge in [0.05, 0.1) is 6.61 Å². The molecular weight excluding hydrogens is 162 g/mol. The predicted molar refractivity (Wildman–Crippen MR) is 52.7 cm³/mol. The molecule has 13 heavy (non-hydrogen) atoms. The maximum atomic E-state index is 9.38. The lowest BCUT2D eigenvalue weighted by Gasteiger charge is -2.48. The second-order valence-electron chi connectivity index (χ2n) is 3.98. The first kappa shape index (κ1) is 8.73. The summed E-state index contributed by atoms with van der Waals surface area (Å²) in [6, 6.07) is 10.3. The highest BCUT2D eigenvalue weighted by atomic mass is 16.3. The lowest BCUT2D eigenvalue weighted by molar-refractivity contribution is 0.0390. The SMILES string of the molecule is CN1CC(CO)(c2ccccc2)C1. The maximum absolute atomic E-state index is 9.38. The monoisotopic (exact) mass is 177 g/mol. The third-order valence-electron chi connectivity index (χ3n) is 2.83. The van der Waals surface area contributed by atoms with Crippen LogP contribution < -0.4 is 0 Å². The first-order valence-corrected chi connectivity index (χ1v) is 4.62. The molecule has 0 radical (unpaired) electrons. The van der Waals surface area contributed by atoms with E-state index >= 15 is 0 Å². The first-order valence-electron chi connectivity index (χ1n) is 4.62. The van der Waals surface area contributed by atoms with E-state index in [0.717, 1.165) is 13.1 Å². The zero-order chi connectivity index (χ0) is 9.31. The molecule has 2 nitrogen and oxygen atoms in total. The van der Waals surface area contributed by atoms with Gasteiger partial charge in [-0.2, -0.15) is 0 Å². The molecule has 0 aromatic heterocycles. The summed E-state index contributed by atoms with van der Waals surface area (Å²) in [4.78, 5) is 2.23. The molecule has 1 heterocycles. The van der Waals surface area contributed by atoms with Crippen molar-refractivity contribution in [2.75, 3.05) is 26.7 Å². The minimum Gasteiger partial charge on any atom is -0.395 e. The van der Waals surface area contributed by atoms with Crippen LogP contribution >= 0.6 is 0 Å². The minimum absolute atomic E-state index is 0.00993. The van der Waals surface area contributed by atoms with Gasteiger partial charge in [0, 0.05) is 18.5 Å². The lowest BCUT2D eigenvalue weighted by Crippen LogP contribution is -2.59. The Morgan fingerprint density at radius 1 is 1.31 bits per heavy atom. The number of rotatable bonds is 2. The van der Waals surface area contributed by atoms with Crippen LogP contribution in [-0.4, -0.2) is 36.8 Å². The summed E-state index contributed by atoms with van der Waals surface area (Å²) in [6.07, 6.45) is 0. The largest absolute Gasteiger partial charge is 0.395 e. The van der Waals surface area contributed by atoms with Crippen molar-refractivity contribution >= 4 is 0 Å². The molecule has 0 aliphatic carbocycles. The van der Waals surface area contributed by atoms with Crippen LogP contribution in [0.2, 0.25) is 0 Å². The number of likely N-dealkylation sites (N-methyl/N-ethyl adjacent to an activating group) is 1. The smallest absolute Gasteiger partial charge is 0.0552 e. The van der Waals surface area contributed by atoms with Crippen molar-refractivity contribution in [2.45, 2.75) is 5.41 Å². The second-order valence-corrected chi connectivity index (χ2v) is 3.98. The summed E-state index contributed by atoms with van der Waals surface area (Å²) in [7, 11) is 2.08. The summed E-state index contributed by atoms with van der Waals surface area (Å²) in [6.45, 7) is 2.18. The molecule has 1 N–H and O–H groups in total. The molecule has 1 aliphatic heterocycles. The Balaban J connectivity index is 2.24. The average Bonchev–Trinajstić information content (AvgIpc) is 2.14. The number of likely N-dealkylation sites (tertiary alicyclic amines) is 1. The van der Waals surface area contributed by atoms with E-state index in [0.29, 0.717) is 0 Å². The Morgan fingerprint density at radius 2 is 1.92 bits per heavy atom. The van der Waals surface area contributed by atoms with Gasteiger partial charge >= 0.3 is 0 Å². The molecule has 1 aromatic rings. The Bertz CT molecular complexity index is 277. The quantitative estimate of drug-likeness (QED) is 0.724. The van der Waals surface area contributed by atoms with E-state index in [9.17, 15) is 5.11 Å². The molecule has 1 fully saturated rings. The number of benzene rings is 1. The highest BCUT2D eigenvalue weighted by molar-refractivity contribution is 5.29. The van der Waals surface area contributed by atoms with Crippen molar-refractivity contribution in [3.8, 4) is 0 Å². The molecule has 0 saturated carbocycles. The standard InChI is InChI=1S/C11H15NO/c1-12-7-11(8-12,9-13)10-5-3-2-4-6-10/h2-6,13H,7-9H2,1H3. The van der Waals surface area contributed by atoms with Crippen LogP contribution in [0.15, 0.2) is 30.3 Å². The zero-order valence-electron chi connectivity index (χ0n) is 7.90. The molecule has 0 amide bonds.